The molecule has 1 N–H and O–H groups in total. The Hall–Kier alpha value is -2.22. The molecule has 0 aliphatic carbocycles. The van der Waals surface area contributed by atoms with Crippen molar-refractivity contribution in [3.63, 3.8) is 0 Å². The number of halogens is 2. The van der Waals surface area contributed by atoms with Crippen LogP contribution in [0.3, 0.4) is 0 Å². The van der Waals surface area contributed by atoms with Crippen LogP contribution >= 0.6 is 0 Å². The molecule has 1 aromatic rings. The average molecular weight is 396 g/mol. The number of likely N-dealkylation sites (tertiary alicyclic amines) is 1. The van der Waals surface area contributed by atoms with Crippen molar-refractivity contribution in [1.29, 1.82) is 0 Å². The van der Waals surface area contributed by atoms with E-state index in [-0.39, 0.29) is 29.9 Å². The first-order valence-corrected chi connectivity index (χ1v) is 9.51. The summed E-state index contributed by atoms with van der Waals surface area (Å²) < 4.78 is 33.4. The SMILES string of the molecule is CCNC(=NCC(c1c(F)cccc1F)N(C)C)N1CC(C)C(C(=O)OC)C1. The van der Waals surface area contributed by atoms with Gasteiger partial charge in [-0.3, -0.25) is 9.79 Å². The van der Waals surface area contributed by atoms with E-state index in [0.29, 0.717) is 25.6 Å². The number of esters is 1. The van der Waals surface area contributed by atoms with E-state index < -0.39 is 17.7 Å². The fraction of sp³-hybridized carbons (Fsp3) is 0.600. The Kier molecular flexibility index (Phi) is 7.74. The van der Waals surface area contributed by atoms with Crippen molar-refractivity contribution in [3.8, 4) is 0 Å². The second-order valence-electron chi connectivity index (χ2n) is 7.32. The monoisotopic (exact) mass is 396 g/mol. The zero-order valence-corrected chi connectivity index (χ0v) is 17.2. The summed E-state index contributed by atoms with van der Waals surface area (Å²) in [6.07, 6.45) is 0. The van der Waals surface area contributed by atoms with E-state index in [1.807, 2.05) is 18.7 Å². The first-order chi connectivity index (χ1) is 13.3. The van der Waals surface area contributed by atoms with Gasteiger partial charge in [0.2, 0.25) is 0 Å². The van der Waals surface area contributed by atoms with E-state index in [2.05, 4.69) is 10.3 Å². The number of rotatable bonds is 6. The molecule has 1 aliphatic rings. The minimum absolute atomic E-state index is 0.00863. The molecule has 1 aromatic carbocycles. The maximum atomic E-state index is 14.3. The summed E-state index contributed by atoms with van der Waals surface area (Å²) in [7, 11) is 4.93. The molecular weight excluding hydrogens is 366 g/mol. The van der Waals surface area contributed by atoms with Crippen molar-refractivity contribution in [3.05, 3.63) is 35.4 Å². The third-order valence-corrected chi connectivity index (χ3v) is 5.12. The van der Waals surface area contributed by atoms with Gasteiger partial charge in [-0.25, -0.2) is 8.78 Å². The molecule has 6 nitrogen and oxygen atoms in total. The van der Waals surface area contributed by atoms with E-state index in [4.69, 9.17) is 4.74 Å². The van der Waals surface area contributed by atoms with Gasteiger partial charge >= 0.3 is 5.97 Å². The van der Waals surface area contributed by atoms with E-state index in [1.165, 1.54) is 25.3 Å². The second-order valence-corrected chi connectivity index (χ2v) is 7.32. The van der Waals surface area contributed by atoms with Crippen LogP contribution in [0.15, 0.2) is 23.2 Å². The number of hydrogen-bond acceptors (Lipinski definition) is 4. The molecule has 1 aliphatic heterocycles. The number of methoxy groups -OCH3 is 1. The Morgan fingerprint density at radius 1 is 1.36 bits per heavy atom. The molecule has 8 heteroatoms. The average Bonchev–Trinajstić information content (AvgIpc) is 3.03. The van der Waals surface area contributed by atoms with Crippen molar-refractivity contribution in [1.82, 2.24) is 15.1 Å². The highest BCUT2D eigenvalue weighted by Crippen LogP contribution is 2.26. The van der Waals surface area contributed by atoms with Gasteiger partial charge in [-0.05, 0) is 39.1 Å². The zero-order chi connectivity index (χ0) is 20.8. The highest BCUT2D eigenvalue weighted by molar-refractivity contribution is 5.82. The van der Waals surface area contributed by atoms with Crippen molar-refractivity contribution < 1.29 is 18.3 Å². The lowest BCUT2D eigenvalue weighted by atomic mass is 9.99. The number of likely N-dealkylation sites (N-methyl/N-ethyl adjacent to an activating group) is 1. The summed E-state index contributed by atoms with van der Waals surface area (Å²) in [5, 5.41) is 3.22. The van der Waals surface area contributed by atoms with Crippen molar-refractivity contribution in [2.45, 2.75) is 19.9 Å². The highest BCUT2D eigenvalue weighted by Gasteiger charge is 2.37. The molecule has 1 heterocycles. The van der Waals surface area contributed by atoms with Gasteiger partial charge in [0.15, 0.2) is 5.96 Å². The Morgan fingerprint density at radius 2 is 2.00 bits per heavy atom. The largest absolute Gasteiger partial charge is 0.469 e. The molecule has 0 amide bonds. The molecule has 0 radical (unpaired) electrons. The van der Waals surface area contributed by atoms with Crippen LogP contribution in [0, 0.1) is 23.5 Å². The van der Waals surface area contributed by atoms with Crippen molar-refractivity contribution in [2.75, 3.05) is 47.4 Å². The van der Waals surface area contributed by atoms with Crippen molar-refractivity contribution >= 4 is 11.9 Å². The molecule has 0 saturated carbocycles. The van der Waals surface area contributed by atoms with Gasteiger partial charge in [0.25, 0.3) is 0 Å². The van der Waals surface area contributed by atoms with E-state index in [9.17, 15) is 13.6 Å². The quantitative estimate of drug-likeness (QED) is 0.454. The van der Waals surface area contributed by atoms with Crippen LogP contribution < -0.4 is 5.32 Å². The molecular formula is C20H30F2N4O2. The number of carbonyl (C=O) groups is 1. The zero-order valence-electron chi connectivity index (χ0n) is 17.2. The first-order valence-electron chi connectivity index (χ1n) is 9.51. The normalized spacial score (nSPS) is 21.1. The lowest BCUT2D eigenvalue weighted by molar-refractivity contribution is -0.145. The number of nitrogens with zero attached hydrogens (tertiary/aromatic N) is 3. The lowest BCUT2D eigenvalue weighted by Crippen LogP contribution is -2.41. The number of aliphatic imine (C=N–C) groups is 1. The molecule has 28 heavy (non-hydrogen) atoms. The fourth-order valence-electron chi connectivity index (χ4n) is 3.54. The number of hydrogen-bond donors (Lipinski definition) is 1. The summed E-state index contributed by atoms with van der Waals surface area (Å²) in [6, 6.07) is 3.32. The van der Waals surface area contributed by atoms with Crippen LogP contribution in [-0.2, 0) is 9.53 Å². The summed E-state index contributed by atoms with van der Waals surface area (Å²) in [5.41, 5.74) is 0.00863. The molecule has 0 bridgehead atoms. The molecule has 3 atom stereocenters. The van der Waals surface area contributed by atoms with Gasteiger partial charge in [0, 0.05) is 25.2 Å². The Labute approximate surface area is 165 Å². The maximum absolute atomic E-state index is 14.3. The fourth-order valence-corrected chi connectivity index (χ4v) is 3.54. The van der Waals surface area contributed by atoms with Gasteiger partial charge in [0.05, 0.1) is 25.6 Å². The lowest BCUT2D eigenvalue weighted by Gasteiger charge is -2.26. The van der Waals surface area contributed by atoms with E-state index in [1.54, 1.807) is 19.0 Å². The Bertz CT molecular complexity index is 691. The number of carbonyl (C=O) groups excluding carboxylic acids is 1. The van der Waals surface area contributed by atoms with Crippen LogP contribution in [0.25, 0.3) is 0 Å². The second kappa shape index (κ2) is 9.82. The van der Waals surface area contributed by atoms with Crippen LogP contribution in [0.2, 0.25) is 0 Å². The number of benzene rings is 1. The molecule has 156 valence electrons. The first kappa shape index (κ1) is 22.1. The molecule has 0 aromatic heterocycles. The van der Waals surface area contributed by atoms with Crippen LogP contribution in [-0.4, -0.2) is 69.1 Å². The summed E-state index contributed by atoms with van der Waals surface area (Å²) in [6.45, 7) is 5.94. The van der Waals surface area contributed by atoms with Gasteiger partial charge in [-0.15, -0.1) is 0 Å². The molecule has 2 rings (SSSR count). The molecule has 1 fully saturated rings. The summed E-state index contributed by atoms with van der Waals surface area (Å²) in [5.74, 6) is -0.860. The Balaban J connectivity index is 2.24. The smallest absolute Gasteiger partial charge is 0.310 e. The number of ether oxygens (including phenoxy) is 1. The molecule has 1 saturated heterocycles. The Morgan fingerprint density at radius 3 is 2.54 bits per heavy atom. The van der Waals surface area contributed by atoms with Crippen LogP contribution in [0.1, 0.15) is 25.5 Å². The number of nitrogens with one attached hydrogen (secondary N) is 1. The van der Waals surface area contributed by atoms with Gasteiger partial charge < -0.3 is 19.9 Å². The minimum Gasteiger partial charge on any atom is -0.469 e. The summed E-state index contributed by atoms with van der Waals surface area (Å²) >= 11 is 0. The third kappa shape index (κ3) is 4.98. The molecule has 3 unspecified atom stereocenters. The molecule has 0 spiro atoms. The topological polar surface area (TPSA) is 57.2 Å². The van der Waals surface area contributed by atoms with Crippen LogP contribution in [0.4, 0.5) is 8.78 Å². The predicted molar refractivity (Wildman–Crippen MR) is 105 cm³/mol. The highest BCUT2D eigenvalue weighted by atomic mass is 19.1. The predicted octanol–water partition coefficient (Wildman–Crippen LogP) is 2.27. The van der Waals surface area contributed by atoms with E-state index >= 15 is 0 Å². The van der Waals surface area contributed by atoms with Gasteiger partial charge in [-0.2, -0.15) is 0 Å². The number of guanidine groups is 1. The summed E-state index contributed by atoms with van der Waals surface area (Å²) in [4.78, 5) is 20.3. The van der Waals surface area contributed by atoms with Crippen molar-refractivity contribution in [2.24, 2.45) is 16.8 Å². The minimum atomic E-state index is -0.584. The van der Waals surface area contributed by atoms with Crippen LogP contribution in [0.5, 0.6) is 0 Å². The van der Waals surface area contributed by atoms with E-state index in [0.717, 1.165) is 0 Å². The standard InChI is InChI=1S/C20H30F2N4O2/c1-6-23-20(26-11-13(2)14(12-26)19(27)28-5)24-10-17(25(3)4)18-15(21)8-7-9-16(18)22/h7-9,13-14,17H,6,10-12H2,1-5H3,(H,23,24). The maximum Gasteiger partial charge on any atom is 0.310 e. The van der Waals surface area contributed by atoms with Gasteiger partial charge in [-0.1, -0.05) is 13.0 Å². The van der Waals surface area contributed by atoms with Gasteiger partial charge in [0.1, 0.15) is 11.6 Å². The third-order valence-electron chi connectivity index (χ3n) is 5.12.